The molecular weight excluding hydrogens is 365 g/mol. The molecule has 0 saturated carbocycles. The Morgan fingerprint density at radius 2 is 1.74 bits per heavy atom. The molecule has 2 N–H and O–H groups in total. The van der Waals surface area contributed by atoms with Gasteiger partial charge < -0.3 is 10.4 Å². The van der Waals surface area contributed by atoms with Gasteiger partial charge in [0.1, 0.15) is 5.69 Å². The number of fused-ring (bicyclic) bond motifs is 1. The number of hydrogen-bond donors (Lipinski definition) is 2. The first-order chi connectivity index (χ1) is 12.9. The van der Waals surface area contributed by atoms with Gasteiger partial charge in [-0.15, -0.1) is 0 Å². The Balaban J connectivity index is 1.63. The molecule has 4 rings (SSSR count). The number of nitrogens with zero attached hydrogens (tertiary/aromatic N) is 5. The van der Waals surface area contributed by atoms with Crippen LogP contribution >= 0.6 is 0 Å². The Hall–Kier alpha value is -3.76. The summed E-state index contributed by atoms with van der Waals surface area (Å²) >= 11 is 0. The lowest BCUT2D eigenvalue weighted by Gasteiger charge is -2.09. The molecule has 3 heterocycles. The molecule has 27 heavy (non-hydrogen) atoms. The lowest BCUT2D eigenvalue weighted by atomic mass is 10.1. The van der Waals surface area contributed by atoms with E-state index < -0.39 is 17.8 Å². The molecule has 1 aromatic carbocycles. The molecule has 136 valence electrons. The number of benzene rings is 1. The monoisotopic (exact) mass is 374 g/mol. The Labute approximate surface area is 148 Å². The fraction of sp³-hybridized carbons (Fsp3) is 0.0625. The molecule has 0 aliphatic rings. The van der Waals surface area contributed by atoms with Crippen LogP contribution in [0.25, 0.3) is 22.4 Å². The zero-order chi connectivity index (χ0) is 19.0. The molecule has 0 fully saturated rings. The summed E-state index contributed by atoms with van der Waals surface area (Å²) in [6.07, 6.45) is -3.35. The highest BCUT2D eigenvalue weighted by Crippen LogP contribution is 2.30. The summed E-state index contributed by atoms with van der Waals surface area (Å²) in [5.41, 5.74) is 0.847. The van der Waals surface area contributed by atoms with E-state index >= 15 is 0 Å². The average Bonchev–Trinajstić information content (AvgIpc) is 3.09. The van der Waals surface area contributed by atoms with E-state index in [-0.39, 0.29) is 17.1 Å². The molecular formula is C16H9F3N6O2. The van der Waals surface area contributed by atoms with E-state index in [4.69, 9.17) is 0 Å². The van der Waals surface area contributed by atoms with Crippen LogP contribution in [0.2, 0.25) is 0 Å². The summed E-state index contributed by atoms with van der Waals surface area (Å²) in [5.74, 6) is -0.374. The SMILES string of the molecule is Oc1nc2nonc2nc1Nc1cccc(-c2ccc(C(F)(F)F)nc2)c1. The number of aromatic nitrogens is 5. The highest BCUT2D eigenvalue weighted by atomic mass is 19.4. The van der Waals surface area contributed by atoms with Crippen LogP contribution < -0.4 is 5.32 Å². The second-order valence-electron chi connectivity index (χ2n) is 5.44. The van der Waals surface area contributed by atoms with Crippen molar-refractivity contribution in [2.75, 3.05) is 5.32 Å². The smallest absolute Gasteiger partial charge is 0.433 e. The quantitative estimate of drug-likeness (QED) is 0.560. The van der Waals surface area contributed by atoms with Gasteiger partial charge in [0.05, 0.1) is 0 Å². The van der Waals surface area contributed by atoms with Crippen molar-refractivity contribution in [3.8, 4) is 17.0 Å². The fourth-order valence-corrected chi connectivity index (χ4v) is 2.36. The van der Waals surface area contributed by atoms with Crippen LogP contribution in [0.4, 0.5) is 24.7 Å². The van der Waals surface area contributed by atoms with E-state index in [0.717, 1.165) is 12.3 Å². The molecule has 0 aliphatic carbocycles. The second kappa shape index (κ2) is 6.20. The lowest BCUT2D eigenvalue weighted by Crippen LogP contribution is -2.07. The van der Waals surface area contributed by atoms with Crippen molar-refractivity contribution in [3.05, 3.63) is 48.3 Å². The first-order valence-corrected chi connectivity index (χ1v) is 7.50. The molecule has 0 atom stereocenters. The summed E-state index contributed by atoms with van der Waals surface area (Å²) in [7, 11) is 0. The van der Waals surface area contributed by atoms with Gasteiger partial charge in [-0.2, -0.15) is 23.1 Å². The number of nitrogens with one attached hydrogen (secondary N) is 1. The maximum absolute atomic E-state index is 12.6. The summed E-state index contributed by atoms with van der Waals surface area (Å²) in [4.78, 5) is 11.3. The maximum Gasteiger partial charge on any atom is 0.433 e. The second-order valence-corrected chi connectivity index (χ2v) is 5.44. The predicted molar refractivity (Wildman–Crippen MR) is 87.0 cm³/mol. The van der Waals surface area contributed by atoms with Gasteiger partial charge in [0, 0.05) is 17.4 Å². The van der Waals surface area contributed by atoms with Crippen molar-refractivity contribution in [3.63, 3.8) is 0 Å². The molecule has 0 amide bonds. The average molecular weight is 374 g/mol. The molecule has 0 bridgehead atoms. The van der Waals surface area contributed by atoms with Crippen molar-refractivity contribution >= 4 is 22.8 Å². The summed E-state index contributed by atoms with van der Waals surface area (Å²) in [5, 5.41) is 19.8. The Bertz CT molecular complexity index is 1110. The number of aromatic hydroxyl groups is 1. The van der Waals surface area contributed by atoms with E-state index in [1.165, 1.54) is 6.07 Å². The van der Waals surface area contributed by atoms with Crippen LogP contribution in [-0.4, -0.2) is 30.4 Å². The Morgan fingerprint density at radius 3 is 2.44 bits per heavy atom. The number of alkyl halides is 3. The predicted octanol–water partition coefficient (Wildman–Crippen LogP) is 3.54. The van der Waals surface area contributed by atoms with Crippen molar-refractivity contribution < 1.29 is 22.9 Å². The lowest BCUT2D eigenvalue weighted by molar-refractivity contribution is -0.141. The number of halogens is 3. The van der Waals surface area contributed by atoms with Gasteiger partial charge >= 0.3 is 6.18 Å². The summed E-state index contributed by atoms with van der Waals surface area (Å²) < 4.78 is 42.4. The van der Waals surface area contributed by atoms with E-state index in [9.17, 15) is 18.3 Å². The third-order valence-electron chi connectivity index (χ3n) is 3.61. The Kier molecular flexibility index (Phi) is 3.83. The minimum atomic E-state index is -4.49. The van der Waals surface area contributed by atoms with E-state index in [0.29, 0.717) is 16.8 Å². The zero-order valence-electron chi connectivity index (χ0n) is 13.3. The maximum atomic E-state index is 12.6. The van der Waals surface area contributed by atoms with Gasteiger partial charge in [-0.05, 0) is 34.1 Å². The van der Waals surface area contributed by atoms with Crippen LogP contribution in [0.3, 0.4) is 0 Å². The molecule has 0 aliphatic heterocycles. The number of anilines is 2. The first kappa shape index (κ1) is 16.7. The van der Waals surface area contributed by atoms with Gasteiger partial charge in [-0.3, -0.25) is 4.98 Å². The van der Waals surface area contributed by atoms with Crippen LogP contribution in [0.1, 0.15) is 5.69 Å². The zero-order valence-corrected chi connectivity index (χ0v) is 13.3. The molecule has 11 heteroatoms. The van der Waals surface area contributed by atoms with Gasteiger partial charge in [0.2, 0.25) is 11.3 Å². The van der Waals surface area contributed by atoms with Gasteiger partial charge in [0.15, 0.2) is 5.82 Å². The van der Waals surface area contributed by atoms with E-state index in [1.807, 2.05) is 0 Å². The molecule has 8 nitrogen and oxygen atoms in total. The first-order valence-electron chi connectivity index (χ1n) is 7.50. The molecule has 0 saturated heterocycles. The van der Waals surface area contributed by atoms with Crippen LogP contribution in [-0.2, 0) is 6.18 Å². The van der Waals surface area contributed by atoms with E-state index in [1.54, 1.807) is 24.3 Å². The van der Waals surface area contributed by atoms with Crippen molar-refractivity contribution in [2.24, 2.45) is 0 Å². The molecule has 0 radical (unpaired) electrons. The topological polar surface area (TPSA) is 110 Å². The van der Waals surface area contributed by atoms with E-state index in [2.05, 4.69) is 35.2 Å². The molecule has 0 spiro atoms. The number of hydrogen-bond acceptors (Lipinski definition) is 8. The minimum Gasteiger partial charge on any atom is -0.491 e. The minimum absolute atomic E-state index is 0.0286. The van der Waals surface area contributed by atoms with Crippen molar-refractivity contribution in [1.29, 1.82) is 0 Å². The third-order valence-corrected chi connectivity index (χ3v) is 3.61. The highest BCUT2D eigenvalue weighted by molar-refractivity contribution is 5.73. The molecule has 0 unspecified atom stereocenters. The van der Waals surface area contributed by atoms with Gasteiger partial charge in [0.25, 0.3) is 5.88 Å². The fourth-order valence-electron chi connectivity index (χ4n) is 2.36. The molecule has 4 aromatic rings. The van der Waals surface area contributed by atoms with Crippen molar-refractivity contribution in [2.45, 2.75) is 6.18 Å². The molecule has 3 aromatic heterocycles. The van der Waals surface area contributed by atoms with Crippen LogP contribution in [0.15, 0.2) is 47.2 Å². The summed E-state index contributed by atoms with van der Waals surface area (Å²) in [6, 6.07) is 9.00. The van der Waals surface area contributed by atoms with Crippen molar-refractivity contribution in [1.82, 2.24) is 25.3 Å². The van der Waals surface area contributed by atoms with Gasteiger partial charge in [-0.25, -0.2) is 4.63 Å². The highest BCUT2D eigenvalue weighted by Gasteiger charge is 2.32. The van der Waals surface area contributed by atoms with Gasteiger partial charge in [-0.1, -0.05) is 18.2 Å². The van der Waals surface area contributed by atoms with Crippen LogP contribution in [0, 0.1) is 0 Å². The summed E-state index contributed by atoms with van der Waals surface area (Å²) in [6.45, 7) is 0. The third kappa shape index (κ3) is 3.34. The Morgan fingerprint density at radius 1 is 0.963 bits per heavy atom. The standard InChI is InChI=1S/C16H9F3N6O2/c17-16(18,19)11-5-4-9(7-20-11)8-2-1-3-10(6-8)21-14-15(26)23-13-12(22-14)24-27-25-13/h1-7H,(H,21,22,24)(H,23,25,26). The largest absolute Gasteiger partial charge is 0.491 e. The number of pyridine rings is 1. The normalized spacial score (nSPS) is 11.7. The number of rotatable bonds is 3. The van der Waals surface area contributed by atoms with Crippen LogP contribution in [0.5, 0.6) is 5.88 Å².